The summed E-state index contributed by atoms with van der Waals surface area (Å²) in [5, 5.41) is 0. The van der Waals surface area contributed by atoms with Crippen LogP contribution < -0.4 is 14.2 Å². The molecule has 0 aliphatic carbocycles. The number of rotatable bonds is 8. The van der Waals surface area contributed by atoms with Crippen LogP contribution in [0.3, 0.4) is 0 Å². The molecular weight excluding hydrogens is 498 g/mol. The van der Waals surface area contributed by atoms with Crippen LogP contribution in [0.15, 0.2) is 39.7 Å². The molecule has 1 saturated heterocycles. The van der Waals surface area contributed by atoms with Gasteiger partial charge in [-0.15, -0.1) is 0 Å². The summed E-state index contributed by atoms with van der Waals surface area (Å²) in [6, 6.07) is 9.82. The number of amides is 1. The maximum atomic E-state index is 12.3. The minimum absolute atomic E-state index is 0.104. The first-order valence-corrected chi connectivity index (χ1v) is 11.8. The van der Waals surface area contributed by atoms with E-state index < -0.39 is 0 Å². The second-order valence-corrected chi connectivity index (χ2v) is 9.45. The highest BCUT2D eigenvalue weighted by atomic mass is 79.9. The van der Waals surface area contributed by atoms with E-state index in [-0.39, 0.29) is 5.91 Å². The fraction of sp³-hybridized carbons (Fsp3) is 0.304. The van der Waals surface area contributed by atoms with Crippen molar-refractivity contribution in [1.29, 1.82) is 0 Å². The van der Waals surface area contributed by atoms with E-state index in [4.69, 9.17) is 26.4 Å². The second-order valence-electron chi connectivity index (χ2n) is 6.92. The van der Waals surface area contributed by atoms with E-state index in [1.165, 1.54) is 16.7 Å². The van der Waals surface area contributed by atoms with E-state index in [0.717, 1.165) is 26.9 Å². The minimum atomic E-state index is -0.104. The van der Waals surface area contributed by atoms with Gasteiger partial charge in [-0.05, 0) is 71.6 Å². The Balaban J connectivity index is 1.73. The molecule has 1 fully saturated rings. The lowest BCUT2D eigenvalue weighted by Gasteiger charge is -2.16. The number of aryl methyl sites for hydroxylation is 2. The molecule has 0 bridgehead atoms. The van der Waals surface area contributed by atoms with Crippen LogP contribution in [0.5, 0.6) is 17.2 Å². The third-order valence-corrected chi connectivity index (χ3v) is 6.67. The molecule has 0 unspecified atom stereocenters. The van der Waals surface area contributed by atoms with Gasteiger partial charge in [-0.25, -0.2) is 0 Å². The molecule has 1 aliphatic rings. The van der Waals surface area contributed by atoms with Crippen molar-refractivity contribution in [3.63, 3.8) is 0 Å². The summed E-state index contributed by atoms with van der Waals surface area (Å²) in [6.07, 6.45) is 1.81. The molecule has 0 atom stereocenters. The Kier molecular flexibility index (Phi) is 8.02. The van der Waals surface area contributed by atoms with Gasteiger partial charge in [0.2, 0.25) is 0 Å². The zero-order valence-electron chi connectivity index (χ0n) is 17.9. The smallest absolute Gasteiger partial charge is 0.265 e. The average molecular weight is 522 g/mol. The van der Waals surface area contributed by atoms with Gasteiger partial charge in [-0.1, -0.05) is 42.2 Å². The normalized spacial score (nSPS) is 15.0. The summed E-state index contributed by atoms with van der Waals surface area (Å²) >= 11 is 10.1. The Bertz CT molecular complexity index is 1020. The summed E-state index contributed by atoms with van der Waals surface area (Å²) in [7, 11) is 1.68. The van der Waals surface area contributed by atoms with Crippen LogP contribution in [-0.4, -0.2) is 42.0 Å². The summed E-state index contributed by atoms with van der Waals surface area (Å²) in [5.74, 6) is 1.99. The van der Waals surface area contributed by atoms with Crippen LogP contribution in [0.4, 0.5) is 0 Å². The maximum Gasteiger partial charge on any atom is 0.265 e. The van der Waals surface area contributed by atoms with Crippen LogP contribution >= 0.6 is 39.9 Å². The molecule has 1 amide bonds. The van der Waals surface area contributed by atoms with Crippen molar-refractivity contribution >= 4 is 56.2 Å². The highest BCUT2D eigenvalue weighted by Crippen LogP contribution is 2.39. The number of likely N-dealkylation sites (N-methyl/N-ethyl adjacent to an activating group) is 1. The lowest BCUT2D eigenvalue weighted by molar-refractivity contribution is -0.121. The molecule has 31 heavy (non-hydrogen) atoms. The lowest BCUT2D eigenvalue weighted by atomic mass is 10.1. The summed E-state index contributed by atoms with van der Waals surface area (Å²) in [5.41, 5.74) is 3.01. The number of carbonyl (C=O) groups excluding carboxylic acids is 1. The number of ether oxygens (including phenoxy) is 3. The monoisotopic (exact) mass is 521 g/mol. The van der Waals surface area contributed by atoms with Gasteiger partial charge in [0.1, 0.15) is 23.3 Å². The molecule has 1 heterocycles. The van der Waals surface area contributed by atoms with Gasteiger partial charge in [-0.3, -0.25) is 9.69 Å². The number of hydrogen-bond acceptors (Lipinski definition) is 6. The first kappa shape index (κ1) is 23.6. The van der Waals surface area contributed by atoms with Crippen molar-refractivity contribution in [3.05, 3.63) is 56.4 Å². The highest BCUT2D eigenvalue weighted by molar-refractivity contribution is 9.10. The Labute approximate surface area is 200 Å². The van der Waals surface area contributed by atoms with Gasteiger partial charge >= 0.3 is 0 Å². The zero-order valence-corrected chi connectivity index (χ0v) is 21.1. The molecular formula is C23H24BrNO4S2. The molecule has 0 N–H and O–H groups in total. The van der Waals surface area contributed by atoms with Crippen LogP contribution in [0.2, 0.25) is 0 Å². The van der Waals surface area contributed by atoms with E-state index in [1.54, 1.807) is 7.05 Å². The SMILES string of the molecule is CCOc1cc(/C=C2/SC(=S)N(C)C2=O)cc(Br)c1OCCOc1c(C)cccc1C. The topological polar surface area (TPSA) is 48.0 Å². The predicted molar refractivity (Wildman–Crippen MR) is 133 cm³/mol. The van der Waals surface area contributed by atoms with E-state index in [2.05, 4.69) is 15.9 Å². The number of hydrogen-bond donors (Lipinski definition) is 0. The van der Waals surface area contributed by atoms with Gasteiger partial charge in [-0.2, -0.15) is 0 Å². The summed E-state index contributed by atoms with van der Waals surface area (Å²) in [4.78, 5) is 14.3. The third-order valence-electron chi connectivity index (χ3n) is 4.60. The molecule has 5 nitrogen and oxygen atoms in total. The lowest BCUT2D eigenvalue weighted by Crippen LogP contribution is -2.22. The second kappa shape index (κ2) is 10.5. The summed E-state index contributed by atoms with van der Waals surface area (Å²) < 4.78 is 19.0. The number of nitrogens with zero attached hydrogens (tertiary/aromatic N) is 1. The Morgan fingerprint density at radius 2 is 1.74 bits per heavy atom. The molecule has 0 saturated carbocycles. The average Bonchev–Trinajstić information content (AvgIpc) is 2.95. The van der Waals surface area contributed by atoms with Crippen molar-refractivity contribution in [3.8, 4) is 17.2 Å². The molecule has 8 heteroatoms. The van der Waals surface area contributed by atoms with Crippen molar-refractivity contribution in [1.82, 2.24) is 4.90 Å². The van der Waals surface area contributed by atoms with Gasteiger partial charge in [0.05, 0.1) is 16.0 Å². The molecule has 0 spiro atoms. The zero-order chi connectivity index (χ0) is 22.5. The Hall–Kier alpha value is -2.03. The first-order valence-electron chi connectivity index (χ1n) is 9.81. The van der Waals surface area contributed by atoms with Gasteiger partial charge in [0.25, 0.3) is 5.91 Å². The van der Waals surface area contributed by atoms with Crippen molar-refractivity contribution < 1.29 is 19.0 Å². The number of para-hydroxylation sites is 1. The molecule has 164 valence electrons. The van der Waals surface area contributed by atoms with Crippen LogP contribution in [-0.2, 0) is 4.79 Å². The largest absolute Gasteiger partial charge is 0.490 e. The molecule has 2 aromatic carbocycles. The molecule has 2 aromatic rings. The van der Waals surface area contributed by atoms with Gasteiger partial charge in [0, 0.05) is 7.05 Å². The minimum Gasteiger partial charge on any atom is -0.490 e. The van der Waals surface area contributed by atoms with E-state index in [0.29, 0.717) is 40.5 Å². The predicted octanol–water partition coefficient (Wildman–Crippen LogP) is 5.75. The molecule has 0 radical (unpaired) electrons. The van der Waals surface area contributed by atoms with E-state index in [9.17, 15) is 4.79 Å². The molecule has 3 rings (SSSR count). The number of halogens is 1. The quantitative estimate of drug-likeness (QED) is 0.250. The Morgan fingerprint density at radius 1 is 1.10 bits per heavy atom. The fourth-order valence-electron chi connectivity index (χ4n) is 3.09. The Morgan fingerprint density at radius 3 is 2.32 bits per heavy atom. The third kappa shape index (κ3) is 5.61. The van der Waals surface area contributed by atoms with E-state index in [1.807, 2.05) is 57.2 Å². The van der Waals surface area contributed by atoms with Crippen LogP contribution in [0.25, 0.3) is 6.08 Å². The van der Waals surface area contributed by atoms with Crippen molar-refractivity contribution in [2.75, 3.05) is 26.9 Å². The summed E-state index contributed by atoms with van der Waals surface area (Å²) in [6.45, 7) is 7.22. The van der Waals surface area contributed by atoms with Crippen molar-refractivity contribution in [2.24, 2.45) is 0 Å². The number of carbonyl (C=O) groups is 1. The van der Waals surface area contributed by atoms with Gasteiger partial charge < -0.3 is 14.2 Å². The molecule has 0 aromatic heterocycles. The van der Waals surface area contributed by atoms with Gasteiger partial charge in [0.15, 0.2) is 11.5 Å². The van der Waals surface area contributed by atoms with Crippen LogP contribution in [0.1, 0.15) is 23.6 Å². The first-order chi connectivity index (χ1) is 14.8. The van der Waals surface area contributed by atoms with Crippen LogP contribution in [0, 0.1) is 13.8 Å². The molecule has 1 aliphatic heterocycles. The highest BCUT2D eigenvalue weighted by Gasteiger charge is 2.28. The van der Waals surface area contributed by atoms with Crippen molar-refractivity contribution in [2.45, 2.75) is 20.8 Å². The number of benzene rings is 2. The number of thioether (sulfide) groups is 1. The standard InChI is InChI=1S/C23H24BrNO4S2/c1-5-27-18-12-16(13-19-22(26)25(4)23(30)31-19)11-17(24)21(18)29-10-9-28-20-14(2)7-6-8-15(20)3/h6-8,11-13H,5,9-10H2,1-4H3/b19-13+. The fourth-order valence-corrected chi connectivity index (χ4v) is 4.84. The maximum absolute atomic E-state index is 12.3. The number of thiocarbonyl (C=S) groups is 1. The van der Waals surface area contributed by atoms with E-state index >= 15 is 0 Å².